The molecule has 2 heterocycles. The summed E-state index contributed by atoms with van der Waals surface area (Å²) >= 11 is 0. The number of allylic oxidation sites excluding steroid dienone is 2. The summed E-state index contributed by atoms with van der Waals surface area (Å²) < 4.78 is 3.09. The van der Waals surface area contributed by atoms with E-state index in [1.807, 2.05) is 35.2 Å². The summed E-state index contributed by atoms with van der Waals surface area (Å²) in [7, 11) is 1.69. The highest BCUT2D eigenvalue weighted by Gasteiger charge is 2.32. The Bertz CT molecular complexity index is 897. The Kier molecular flexibility index (Phi) is 4.97. The molecule has 1 aliphatic carbocycles. The van der Waals surface area contributed by atoms with Crippen molar-refractivity contribution in [3.8, 4) is 5.69 Å². The number of nitrogens with zero attached hydrogens (tertiary/aromatic N) is 4. The van der Waals surface area contributed by atoms with Crippen molar-refractivity contribution in [1.82, 2.24) is 19.2 Å². The predicted octanol–water partition coefficient (Wildman–Crippen LogP) is 2.63. The zero-order valence-corrected chi connectivity index (χ0v) is 15.8. The maximum absolute atomic E-state index is 13.0. The number of aryl methyl sites for hydroxylation is 1. The monoisotopic (exact) mass is 366 g/mol. The van der Waals surface area contributed by atoms with Crippen molar-refractivity contribution in [2.45, 2.75) is 38.0 Å². The van der Waals surface area contributed by atoms with Crippen molar-refractivity contribution < 1.29 is 4.79 Å². The quantitative estimate of drug-likeness (QED) is 0.785. The predicted molar refractivity (Wildman–Crippen MR) is 104 cm³/mol. The van der Waals surface area contributed by atoms with E-state index in [2.05, 4.69) is 17.3 Å². The number of piperidine rings is 1. The molecule has 142 valence electrons. The highest BCUT2D eigenvalue weighted by atomic mass is 16.2. The van der Waals surface area contributed by atoms with Crippen LogP contribution < -0.4 is 5.69 Å². The number of rotatable bonds is 3. The first-order chi connectivity index (χ1) is 13.1. The van der Waals surface area contributed by atoms with Gasteiger partial charge in [-0.25, -0.2) is 14.0 Å². The minimum absolute atomic E-state index is 0.0796. The van der Waals surface area contributed by atoms with Gasteiger partial charge < -0.3 is 4.90 Å². The molecule has 1 amide bonds. The topological polar surface area (TPSA) is 60.1 Å². The Labute approximate surface area is 159 Å². The van der Waals surface area contributed by atoms with E-state index < -0.39 is 0 Å². The zero-order valence-electron chi connectivity index (χ0n) is 15.8. The fraction of sp³-hybridized carbons (Fsp3) is 0.476. The Morgan fingerprint density at radius 2 is 1.96 bits per heavy atom. The molecule has 0 saturated carbocycles. The van der Waals surface area contributed by atoms with Gasteiger partial charge in [0.2, 0.25) is 5.91 Å². The molecule has 2 unspecified atom stereocenters. The van der Waals surface area contributed by atoms with Gasteiger partial charge in [-0.05, 0) is 44.2 Å². The lowest BCUT2D eigenvalue weighted by atomic mass is 9.90. The minimum Gasteiger partial charge on any atom is -0.342 e. The summed E-state index contributed by atoms with van der Waals surface area (Å²) in [5.74, 6) is 1.20. The number of amides is 1. The number of carbonyl (C=O) groups is 1. The molecule has 2 aromatic rings. The van der Waals surface area contributed by atoms with Crippen LogP contribution in [0.25, 0.3) is 5.69 Å². The van der Waals surface area contributed by atoms with Crippen molar-refractivity contribution in [3.63, 3.8) is 0 Å². The number of carbonyl (C=O) groups excluding carboxylic acids is 1. The molecule has 0 radical (unpaired) electrons. The molecule has 6 nitrogen and oxygen atoms in total. The second kappa shape index (κ2) is 7.55. The molecule has 1 aliphatic heterocycles. The molecule has 1 aromatic carbocycles. The summed E-state index contributed by atoms with van der Waals surface area (Å²) in [6, 6.07) is 9.63. The Balaban J connectivity index is 1.60. The molecule has 27 heavy (non-hydrogen) atoms. The summed E-state index contributed by atoms with van der Waals surface area (Å²) in [4.78, 5) is 27.6. The van der Waals surface area contributed by atoms with Gasteiger partial charge in [-0.1, -0.05) is 30.4 Å². The van der Waals surface area contributed by atoms with Gasteiger partial charge in [-0.2, -0.15) is 5.10 Å². The van der Waals surface area contributed by atoms with Crippen LogP contribution in [-0.2, 0) is 11.8 Å². The van der Waals surface area contributed by atoms with Gasteiger partial charge in [-0.15, -0.1) is 0 Å². The molecule has 1 saturated heterocycles. The highest BCUT2D eigenvalue weighted by molar-refractivity contribution is 5.79. The summed E-state index contributed by atoms with van der Waals surface area (Å²) in [5, 5.41) is 4.53. The van der Waals surface area contributed by atoms with Gasteiger partial charge in [0.15, 0.2) is 0 Å². The first-order valence-corrected chi connectivity index (χ1v) is 9.80. The lowest BCUT2D eigenvalue weighted by molar-refractivity contribution is -0.137. The third-order valence-electron chi connectivity index (χ3n) is 5.68. The molecule has 0 spiro atoms. The average Bonchev–Trinajstić information content (AvgIpc) is 3.03. The first-order valence-electron chi connectivity index (χ1n) is 9.80. The van der Waals surface area contributed by atoms with Crippen LogP contribution in [0.2, 0.25) is 0 Å². The molecule has 2 aliphatic rings. The molecule has 0 bridgehead atoms. The summed E-state index contributed by atoms with van der Waals surface area (Å²) in [6.45, 7) is 1.44. The van der Waals surface area contributed by atoms with Gasteiger partial charge in [0.25, 0.3) is 0 Å². The van der Waals surface area contributed by atoms with Crippen LogP contribution in [0.3, 0.4) is 0 Å². The third kappa shape index (κ3) is 3.48. The van der Waals surface area contributed by atoms with E-state index in [9.17, 15) is 9.59 Å². The molecular weight excluding hydrogens is 340 g/mol. The Hall–Kier alpha value is -2.63. The van der Waals surface area contributed by atoms with Crippen LogP contribution in [0.5, 0.6) is 0 Å². The Morgan fingerprint density at radius 3 is 2.70 bits per heavy atom. The summed E-state index contributed by atoms with van der Waals surface area (Å²) in [5.41, 5.74) is 0.684. The Morgan fingerprint density at radius 1 is 1.15 bits per heavy atom. The van der Waals surface area contributed by atoms with Gasteiger partial charge in [0.05, 0.1) is 5.69 Å². The zero-order chi connectivity index (χ0) is 18.8. The van der Waals surface area contributed by atoms with Crippen molar-refractivity contribution >= 4 is 5.91 Å². The molecular formula is C21H26N4O2. The average molecular weight is 366 g/mol. The summed E-state index contributed by atoms with van der Waals surface area (Å²) in [6.07, 6.45) is 8.94. The van der Waals surface area contributed by atoms with Crippen molar-refractivity contribution in [2.24, 2.45) is 13.0 Å². The van der Waals surface area contributed by atoms with Crippen LogP contribution in [0.1, 0.15) is 43.8 Å². The van der Waals surface area contributed by atoms with E-state index in [1.54, 1.807) is 11.6 Å². The number of benzene rings is 1. The molecule has 2 atom stereocenters. The number of aromatic nitrogens is 3. The van der Waals surface area contributed by atoms with Gasteiger partial charge in [-0.3, -0.25) is 4.79 Å². The van der Waals surface area contributed by atoms with E-state index in [4.69, 9.17) is 0 Å². The van der Waals surface area contributed by atoms with E-state index in [1.165, 1.54) is 4.68 Å². The molecule has 6 heteroatoms. The van der Waals surface area contributed by atoms with Crippen LogP contribution in [0.4, 0.5) is 0 Å². The third-order valence-corrected chi connectivity index (χ3v) is 5.68. The normalized spacial score (nSPS) is 22.8. The number of hydrogen-bond acceptors (Lipinski definition) is 3. The van der Waals surface area contributed by atoms with Crippen molar-refractivity contribution in [1.29, 1.82) is 0 Å². The first kappa shape index (κ1) is 17.8. The lowest BCUT2D eigenvalue weighted by Crippen LogP contribution is -2.43. The smallest absolute Gasteiger partial charge is 0.342 e. The largest absolute Gasteiger partial charge is 0.350 e. The van der Waals surface area contributed by atoms with Crippen LogP contribution in [0, 0.1) is 5.92 Å². The molecule has 1 fully saturated rings. The second-order valence-corrected chi connectivity index (χ2v) is 7.54. The maximum Gasteiger partial charge on any atom is 0.350 e. The fourth-order valence-electron chi connectivity index (χ4n) is 4.23. The molecule has 0 N–H and O–H groups in total. The van der Waals surface area contributed by atoms with Gasteiger partial charge in [0, 0.05) is 32.0 Å². The number of hydrogen-bond donors (Lipinski definition) is 0. The highest BCUT2D eigenvalue weighted by Crippen LogP contribution is 2.29. The molecule has 4 rings (SSSR count). The SMILES string of the molecule is Cn1nc(C2CCCN(C(=O)C3CC=CCC3)C2)n(-c2ccccc2)c1=O. The molecule has 1 aromatic heterocycles. The second-order valence-electron chi connectivity index (χ2n) is 7.54. The lowest BCUT2D eigenvalue weighted by Gasteiger charge is -2.35. The van der Waals surface area contributed by atoms with Crippen LogP contribution >= 0.6 is 0 Å². The van der Waals surface area contributed by atoms with E-state index in [0.29, 0.717) is 6.54 Å². The van der Waals surface area contributed by atoms with Crippen molar-refractivity contribution in [2.75, 3.05) is 13.1 Å². The van der Waals surface area contributed by atoms with Gasteiger partial charge >= 0.3 is 5.69 Å². The minimum atomic E-state index is -0.142. The number of para-hydroxylation sites is 1. The van der Waals surface area contributed by atoms with Crippen LogP contribution in [0.15, 0.2) is 47.3 Å². The number of likely N-dealkylation sites (tertiary alicyclic amines) is 1. The van der Waals surface area contributed by atoms with Gasteiger partial charge in [0.1, 0.15) is 5.82 Å². The van der Waals surface area contributed by atoms with E-state index in [0.717, 1.165) is 50.2 Å². The van der Waals surface area contributed by atoms with Crippen molar-refractivity contribution in [3.05, 3.63) is 58.8 Å². The standard InChI is InChI=1S/C21H26N4O2/c1-23-21(27)25(18-12-6-3-7-13-18)19(22-23)17-11-8-14-24(15-17)20(26)16-9-4-2-5-10-16/h2-4,6-7,12-13,16-17H,5,8-11,14-15H2,1H3. The maximum atomic E-state index is 13.0. The van der Waals surface area contributed by atoms with E-state index >= 15 is 0 Å². The fourth-order valence-corrected chi connectivity index (χ4v) is 4.23. The van der Waals surface area contributed by atoms with Crippen LogP contribution in [-0.4, -0.2) is 38.2 Å². The van der Waals surface area contributed by atoms with E-state index in [-0.39, 0.29) is 23.4 Å².